The molecular formula is C17H36IN5. The third-order valence-electron chi connectivity index (χ3n) is 4.96. The molecule has 0 aromatic heterocycles. The van der Waals surface area contributed by atoms with Crippen molar-refractivity contribution in [3.8, 4) is 0 Å². The molecule has 2 unspecified atom stereocenters. The van der Waals surface area contributed by atoms with Crippen LogP contribution in [0.15, 0.2) is 4.99 Å². The summed E-state index contributed by atoms with van der Waals surface area (Å²) in [5.74, 6) is 1.91. The topological polar surface area (TPSA) is 34.1 Å². The van der Waals surface area contributed by atoms with Gasteiger partial charge in [-0.2, -0.15) is 0 Å². The second kappa shape index (κ2) is 10.7. The lowest BCUT2D eigenvalue weighted by Gasteiger charge is -2.36. The SMILES string of the molecule is CCNC(=NCC(C)N1CCN(C)CC1)N1CCCC(C)C1.I. The van der Waals surface area contributed by atoms with Gasteiger partial charge in [0.05, 0.1) is 6.54 Å². The number of piperidine rings is 1. The van der Waals surface area contributed by atoms with Crippen molar-refractivity contribution in [3.63, 3.8) is 0 Å². The lowest BCUT2D eigenvalue weighted by atomic mass is 10.0. The van der Waals surface area contributed by atoms with Gasteiger partial charge in [-0.25, -0.2) is 0 Å². The highest BCUT2D eigenvalue weighted by Crippen LogP contribution is 2.15. The fraction of sp³-hybridized carbons (Fsp3) is 0.941. The Bertz CT molecular complexity index is 355. The first-order valence-electron chi connectivity index (χ1n) is 9.06. The first-order chi connectivity index (χ1) is 10.6. The molecule has 23 heavy (non-hydrogen) atoms. The van der Waals surface area contributed by atoms with E-state index >= 15 is 0 Å². The number of hydrogen-bond acceptors (Lipinski definition) is 3. The molecule has 2 saturated heterocycles. The first kappa shape index (κ1) is 21.0. The van der Waals surface area contributed by atoms with Crippen molar-refractivity contribution in [1.29, 1.82) is 0 Å². The van der Waals surface area contributed by atoms with Crippen molar-refractivity contribution in [2.45, 2.75) is 39.7 Å². The smallest absolute Gasteiger partial charge is 0.193 e. The summed E-state index contributed by atoms with van der Waals surface area (Å²) in [6.07, 6.45) is 2.65. The number of hydrogen-bond donors (Lipinski definition) is 1. The Labute approximate surface area is 159 Å². The Morgan fingerprint density at radius 3 is 2.52 bits per heavy atom. The van der Waals surface area contributed by atoms with Crippen molar-refractivity contribution in [1.82, 2.24) is 20.0 Å². The Balaban J connectivity index is 0.00000264. The highest BCUT2D eigenvalue weighted by molar-refractivity contribution is 14.0. The monoisotopic (exact) mass is 437 g/mol. The second-order valence-corrected chi connectivity index (χ2v) is 7.08. The van der Waals surface area contributed by atoms with Gasteiger partial charge in [0.2, 0.25) is 0 Å². The number of guanidine groups is 1. The minimum atomic E-state index is 0. The van der Waals surface area contributed by atoms with Crippen LogP contribution in [-0.4, -0.2) is 86.1 Å². The summed E-state index contributed by atoms with van der Waals surface area (Å²) in [5, 5.41) is 3.49. The van der Waals surface area contributed by atoms with Gasteiger partial charge in [-0.05, 0) is 39.7 Å². The Kier molecular flexibility index (Phi) is 9.77. The van der Waals surface area contributed by atoms with Crippen LogP contribution < -0.4 is 5.32 Å². The van der Waals surface area contributed by atoms with Gasteiger partial charge < -0.3 is 15.1 Å². The van der Waals surface area contributed by atoms with Crippen LogP contribution in [-0.2, 0) is 0 Å². The number of likely N-dealkylation sites (tertiary alicyclic amines) is 1. The zero-order valence-electron chi connectivity index (χ0n) is 15.4. The summed E-state index contributed by atoms with van der Waals surface area (Å²) in [7, 11) is 2.21. The predicted octanol–water partition coefficient (Wildman–Crippen LogP) is 1.94. The molecule has 0 radical (unpaired) electrons. The number of nitrogens with one attached hydrogen (secondary N) is 1. The van der Waals surface area contributed by atoms with E-state index in [4.69, 9.17) is 4.99 Å². The fourth-order valence-electron chi connectivity index (χ4n) is 3.40. The summed E-state index contributed by atoms with van der Waals surface area (Å²) in [6.45, 7) is 15.7. The van der Waals surface area contributed by atoms with Gasteiger partial charge >= 0.3 is 0 Å². The summed E-state index contributed by atoms with van der Waals surface area (Å²) in [4.78, 5) is 12.4. The number of rotatable bonds is 4. The van der Waals surface area contributed by atoms with Gasteiger partial charge in [0.1, 0.15) is 0 Å². The summed E-state index contributed by atoms with van der Waals surface area (Å²) >= 11 is 0. The highest BCUT2D eigenvalue weighted by Gasteiger charge is 2.21. The molecule has 0 saturated carbocycles. The molecule has 136 valence electrons. The molecule has 2 aliphatic heterocycles. The Hall–Kier alpha value is -0.0800. The van der Waals surface area contributed by atoms with Gasteiger partial charge in [0, 0.05) is 51.9 Å². The van der Waals surface area contributed by atoms with Gasteiger partial charge in [0.25, 0.3) is 0 Å². The fourth-order valence-corrected chi connectivity index (χ4v) is 3.40. The molecule has 0 bridgehead atoms. The molecular weight excluding hydrogens is 401 g/mol. The van der Waals surface area contributed by atoms with Crippen LogP contribution in [0.2, 0.25) is 0 Å². The van der Waals surface area contributed by atoms with Crippen molar-refractivity contribution in [2.75, 3.05) is 59.4 Å². The minimum absolute atomic E-state index is 0. The summed E-state index contributed by atoms with van der Waals surface area (Å²) in [5.41, 5.74) is 0. The predicted molar refractivity (Wildman–Crippen MR) is 110 cm³/mol. The average Bonchev–Trinajstić information content (AvgIpc) is 2.52. The van der Waals surface area contributed by atoms with E-state index in [0.29, 0.717) is 6.04 Å². The van der Waals surface area contributed by atoms with Gasteiger partial charge in [-0.3, -0.25) is 9.89 Å². The second-order valence-electron chi connectivity index (χ2n) is 7.08. The first-order valence-corrected chi connectivity index (χ1v) is 9.06. The molecule has 2 atom stereocenters. The van der Waals surface area contributed by atoms with Crippen molar-refractivity contribution in [2.24, 2.45) is 10.9 Å². The van der Waals surface area contributed by atoms with Gasteiger partial charge in [0.15, 0.2) is 5.96 Å². The van der Waals surface area contributed by atoms with Crippen molar-refractivity contribution >= 4 is 29.9 Å². The molecule has 0 aromatic carbocycles. The maximum atomic E-state index is 4.94. The van der Waals surface area contributed by atoms with Crippen molar-refractivity contribution in [3.05, 3.63) is 0 Å². The van der Waals surface area contributed by atoms with Crippen LogP contribution in [0.25, 0.3) is 0 Å². The number of aliphatic imine (C=N–C) groups is 1. The van der Waals surface area contributed by atoms with Gasteiger partial charge in [-0.15, -0.1) is 24.0 Å². The van der Waals surface area contributed by atoms with E-state index in [9.17, 15) is 0 Å². The standard InChI is InChI=1S/C17H35N5.HI/c1-5-18-17(22-8-6-7-15(2)14-22)19-13-16(3)21-11-9-20(4)10-12-21;/h15-16H,5-14H2,1-4H3,(H,18,19);1H. The molecule has 2 aliphatic rings. The number of piperazine rings is 1. The number of likely N-dealkylation sites (N-methyl/N-ethyl adjacent to an activating group) is 1. The molecule has 2 heterocycles. The molecule has 1 N–H and O–H groups in total. The van der Waals surface area contributed by atoms with Crippen LogP contribution >= 0.6 is 24.0 Å². The van der Waals surface area contributed by atoms with E-state index in [1.54, 1.807) is 0 Å². The number of nitrogens with zero attached hydrogens (tertiary/aromatic N) is 4. The molecule has 5 nitrogen and oxygen atoms in total. The zero-order valence-corrected chi connectivity index (χ0v) is 17.8. The summed E-state index contributed by atoms with van der Waals surface area (Å²) < 4.78 is 0. The van der Waals surface area contributed by atoms with Crippen LogP contribution in [0.1, 0.15) is 33.6 Å². The van der Waals surface area contributed by atoms with Crippen LogP contribution in [0.3, 0.4) is 0 Å². The average molecular weight is 437 g/mol. The van der Waals surface area contributed by atoms with Crippen LogP contribution in [0.4, 0.5) is 0 Å². The number of halogens is 1. The third kappa shape index (κ3) is 6.74. The molecule has 0 aromatic rings. The van der Waals surface area contributed by atoms with Gasteiger partial charge in [-0.1, -0.05) is 6.92 Å². The third-order valence-corrected chi connectivity index (χ3v) is 4.96. The van der Waals surface area contributed by atoms with E-state index in [2.05, 4.69) is 47.8 Å². The largest absolute Gasteiger partial charge is 0.357 e. The molecule has 2 rings (SSSR count). The van der Waals surface area contributed by atoms with Crippen molar-refractivity contribution < 1.29 is 0 Å². The molecule has 6 heteroatoms. The maximum Gasteiger partial charge on any atom is 0.193 e. The quantitative estimate of drug-likeness (QED) is 0.414. The van der Waals surface area contributed by atoms with Crippen LogP contribution in [0.5, 0.6) is 0 Å². The van der Waals surface area contributed by atoms with E-state index < -0.39 is 0 Å². The van der Waals surface area contributed by atoms with E-state index in [1.807, 2.05) is 0 Å². The molecule has 0 amide bonds. The summed E-state index contributed by atoms with van der Waals surface area (Å²) in [6, 6.07) is 0.532. The minimum Gasteiger partial charge on any atom is -0.357 e. The van der Waals surface area contributed by atoms with E-state index in [1.165, 1.54) is 39.0 Å². The van der Waals surface area contributed by atoms with E-state index in [0.717, 1.165) is 38.1 Å². The Morgan fingerprint density at radius 1 is 1.22 bits per heavy atom. The zero-order chi connectivity index (χ0) is 15.9. The normalized spacial score (nSPS) is 25.8. The molecule has 2 fully saturated rings. The maximum absolute atomic E-state index is 4.94. The lowest BCUT2D eigenvalue weighted by Crippen LogP contribution is -2.50. The van der Waals surface area contributed by atoms with Crippen LogP contribution in [0, 0.1) is 5.92 Å². The highest BCUT2D eigenvalue weighted by atomic mass is 127. The molecule has 0 aliphatic carbocycles. The van der Waals surface area contributed by atoms with E-state index in [-0.39, 0.29) is 24.0 Å². The Morgan fingerprint density at radius 2 is 1.91 bits per heavy atom. The molecule has 0 spiro atoms. The lowest BCUT2D eigenvalue weighted by molar-refractivity contribution is 0.122.